The molecule has 0 unspecified atom stereocenters. The summed E-state index contributed by atoms with van der Waals surface area (Å²) in [6.07, 6.45) is 2.84. The van der Waals surface area contributed by atoms with Crippen molar-refractivity contribution < 1.29 is 22.7 Å². The predicted molar refractivity (Wildman–Crippen MR) is 153 cm³/mol. The molecule has 0 bridgehead atoms. The molecule has 0 spiro atoms. The van der Waals surface area contributed by atoms with Crippen LogP contribution >= 0.6 is 11.3 Å². The molecule has 1 amide bonds. The van der Waals surface area contributed by atoms with Crippen LogP contribution in [0.3, 0.4) is 0 Å². The maximum absolute atomic E-state index is 12.8. The second-order valence-electron chi connectivity index (χ2n) is 9.72. The fraction of sp³-hybridized carbons (Fsp3) is 0.481. The third-order valence-electron chi connectivity index (χ3n) is 7.32. The number of sulfonamides is 1. The zero-order valence-electron chi connectivity index (χ0n) is 22.4. The van der Waals surface area contributed by atoms with E-state index in [1.165, 1.54) is 16.4 Å². The minimum atomic E-state index is -3.50. The average Bonchev–Trinajstić information content (AvgIpc) is 3.43. The van der Waals surface area contributed by atoms with Crippen molar-refractivity contribution in [3.05, 3.63) is 42.0 Å². The number of carbonyl (C=O) groups is 1. The standard InChI is InChI=1S/C27H35N5O5S2/c1-36-22-10-11-23(37-2)25-24(22)29-27(38-25)31-18-16-30(17-19-31)15-12-28-26(33)20-6-8-21(9-7-20)39(34,35)32-13-4-3-5-14-32/h6-11H,3-5,12-19H2,1-2H3,(H,28,33). The molecule has 2 saturated heterocycles. The molecule has 0 aliphatic carbocycles. The Hall–Kier alpha value is -2.93. The maximum Gasteiger partial charge on any atom is 0.251 e. The van der Waals surface area contributed by atoms with Crippen molar-refractivity contribution in [3.8, 4) is 11.5 Å². The topological polar surface area (TPSA) is 104 Å². The summed E-state index contributed by atoms with van der Waals surface area (Å²) >= 11 is 1.61. The summed E-state index contributed by atoms with van der Waals surface area (Å²) < 4.78 is 39.2. The van der Waals surface area contributed by atoms with Crippen molar-refractivity contribution in [1.82, 2.24) is 19.5 Å². The van der Waals surface area contributed by atoms with Crippen LogP contribution in [0.15, 0.2) is 41.3 Å². The van der Waals surface area contributed by atoms with E-state index < -0.39 is 10.0 Å². The van der Waals surface area contributed by atoms with Gasteiger partial charge in [0.1, 0.15) is 21.7 Å². The first-order chi connectivity index (χ1) is 18.9. The fourth-order valence-corrected chi connectivity index (χ4v) is 7.68. The second kappa shape index (κ2) is 12.1. The van der Waals surface area contributed by atoms with Crippen molar-refractivity contribution in [2.45, 2.75) is 24.2 Å². The van der Waals surface area contributed by atoms with Crippen LogP contribution < -0.4 is 19.7 Å². The average molecular weight is 574 g/mol. The molecule has 2 fully saturated rings. The Kier molecular flexibility index (Phi) is 8.55. The lowest BCUT2D eigenvalue weighted by Crippen LogP contribution is -2.48. The third-order valence-corrected chi connectivity index (χ3v) is 10.4. The van der Waals surface area contributed by atoms with E-state index in [2.05, 4.69) is 15.1 Å². The Bertz CT molecular complexity index is 1350. The molecule has 1 aromatic heterocycles. The molecular weight excluding hydrogens is 538 g/mol. The molecule has 2 aliphatic rings. The minimum absolute atomic E-state index is 0.201. The van der Waals surface area contributed by atoms with Gasteiger partial charge in [-0.2, -0.15) is 4.31 Å². The number of piperazine rings is 1. The largest absolute Gasteiger partial charge is 0.495 e. The molecule has 12 heteroatoms. The van der Waals surface area contributed by atoms with Gasteiger partial charge in [0, 0.05) is 57.9 Å². The van der Waals surface area contributed by atoms with E-state index in [9.17, 15) is 13.2 Å². The zero-order valence-corrected chi connectivity index (χ0v) is 24.0. The molecule has 0 atom stereocenters. The van der Waals surface area contributed by atoms with E-state index in [4.69, 9.17) is 14.5 Å². The van der Waals surface area contributed by atoms with Gasteiger partial charge >= 0.3 is 0 Å². The molecule has 0 saturated carbocycles. The summed E-state index contributed by atoms with van der Waals surface area (Å²) in [5, 5.41) is 3.91. The van der Waals surface area contributed by atoms with Gasteiger partial charge in [0.15, 0.2) is 5.13 Å². The van der Waals surface area contributed by atoms with Crippen molar-refractivity contribution >= 4 is 42.6 Å². The quantitative estimate of drug-likeness (QED) is 0.417. The van der Waals surface area contributed by atoms with Crippen LogP contribution in [0.1, 0.15) is 29.6 Å². The molecule has 3 aromatic rings. The van der Waals surface area contributed by atoms with Crippen molar-refractivity contribution in [3.63, 3.8) is 0 Å². The Balaban J connectivity index is 1.10. The highest BCUT2D eigenvalue weighted by molar-refractivity contribution is 7.89. The van der Waals surface area contributed by atoms with E-state index in [1.54, 1.807) is 37.7 Å². The molecule has 1 N–H and O–H groups in total. The highest BCUT2D eigenvalue weighted by Crippen LogP contribution is 2.40. The number of carbonyl (C=O) groups excluding carboxylic acids is 1. The van der Waals surface area contributed by atoms with Gasteiger partial charge < -0.3 is 19.7 Å². The summed E-state index contributed by atoms with van der Waals surface area (Å²) in [6.45, 7) is 5.78. The number of hydrogen-bond donors (Lipinski definition) is 1. The smallest absolute Gasteiger partial charge is 0.251 e. The third kappa shape index (κ3) is 5.98. The van der Waals surface area contributed by atoms with Crippen LogP contribution in [-0.4, -0.2) is 95.1 Å². The van der Waals surface area contributed by atoms with Gasteiger partial charge in [-0.25, -0.2) is 13.4 Å². The van der Waals surface area contributed by atoms with Gasteiger partial charge in [-0.05, 0) is 49.2 Å². The number of piperidine rings is 1. The number of aromatic nitrogens is 1. The highest BCUT2D eigenvalue weighted by atomic mass is 32.2. The second-order valence-corrected chi connectivity index (χ2v) is 12.6. The molecule has 5 rings (SSSR count). The van der Waals surface area contributed by atoms with Gasteiger partial charge in [-0.3, -0.25) is 9.69 Å². The van der Waals surface area contributed by atoms with Crippen molar-refractivity contribution in [2.24, 2.45) is 0 Å². The minimum Gasteiger partial charge on any atom is -0.495 e. The number of rotatable bonds is 9. The van der Waals surface area contributed by atoms with E-state index in [0.29, 0.717) is 25.2 Å². The summed E-state index contributed by atoms with van der Waals surface area (Å²) in [7, 11) is -0.193. The van der Waals surface area contributed by atoms with E-state index in [0.717, 1.165) is 78.8 Å². The van der Waals surface area contributed by atoms with Gasteiger partial charge in [0.05, 0.1) is 19.1 Å². The molecule has 2 aromatic carbocycles. The lowest BCUT2D eigenvalue weighted by molar-refractivity contribution is 0.0947. The lowest BCUT2D eigenvalue weighted by atomic mass is 10.2. The van der Waals surface area contributed by atoms with Crippen LogP contribution in [0.2, 0.25) is 0 Å². The Morgan fingerprint density at radius 3 is 2.26 bits per heavy atom. The number of fused-ring (bicyclic) bond motifs is 1. The van der Waals surface area contributed by atoms with Crippen LogP contribution in [0.5, 0.6) is 11.5 Å². The van der Waals surface area contributed by atoms with Crippen LogP contribution in [0.4, 0.5) is 5.13 Å². The molecule has 39 heavy (non-hydrogen) atoms. The zero-order chi connectivity index (χ0) is 27.4. The van der Waals surface area contributed by atoms with E-state index in [1.807, 2.05) is 12.1 Å². The first-order valence-corrected chi connectivity index (χ1v) is 15.5. The van der Waals surface area contributed by atoms with Gasteiger partial charge in [0.2, 0.25) is 10.0 Å². The number of ether oxygens (including phenoxy) is 2. The number of hydrogen-bond acceptors (Lipinski definition) is 9. The first-order valence-electron chi connectivity index (χ1n) is 13.3. The van der Waals surface area contributed by atoms with Gasteiger partial charge in [-0.1, -0.05) is 17.8 Å². The SMILES string of the molecule is COc1ccc(OC)c2sc(N3CCN(CCNC(=O)c4ccc(S(=O)(=O)N5CCCCC5)cc4)CC3)nc12. The fourth-order valence-electron chi connectivity index (χ4n) is 5.03. The van der Waals surface area contributed by atoms with Gasteiger partial charge in [-0.15, -0.1) is 0 Å². The van der Waals surface area contributed by atoms with Crippen LogP contribution in [-0.2, 0) is 10.0 Å². The van der Waals surface area contributed by atoms with E-state index in [-0.39, 0.29) is 10.8 Å². The van der Waals surface area contributed by atoms with Crippen molar-refractivity contribution in [1.29, 1.82) is 0 Å². The monoisotopic (exact) mass is 573 g/mol. The summed E-state index contributed by atoms with van der Waals surface area (Å²) in [6, 6.07) is 10.0. The molecule has 10 nitrogen and oxygen atoms in total. The van der Waals surface area contributed by atoms with Crippen LogP contribution in [0.25, 0.3) is 10.2 Å². The molecule has 2 aliphatic heterocycles. The first kappa shape index (κ1) is 27.6. The number of methoxy groups -OCH3 is 2. The molecule has 0 radical (unpaired) electrons. The number of thiazole rings is 1. The predicted octanol–water partition coefficient (Wildman–Crippen LogP) is 3.04. The number of anilines is 1. The van der Waals surface area contributed by atoms with Crippen LogP contribution in [0, 0.1) is 0 Å². The summed E-state index contributed by atoms with van der Waals surface area (Å²) in [5.41, 5.74) is 1.28. The summed E-state index contributed by atoms with van der Waals surface area (Å²) in [5.74, 6) is 1.33. The molecule has 210 valence electrons. The summed E-state index contributed by atoms with van der Waals surface area (Å²) in [4.78, 5) is 22.3. The Morgan fingerprint density at radius 1 is 0.923 bits per heavy atom. The number of benzene rings is 2. The number of nitrogens with one attached hydrogen (secondary N) is 1. The van der Waals surface area contributed by atoms with E-state index >= 15 is 0 Å². The lowest BCUT2D eigenvalue weighted by Gasteiger charge is -2.34. The highest BCUT2D eigenvalue weighted by Gasteiger charge is 2.26. The maximum atomic E-state index is 12.8. The Labute approximate surface area is 233 Å². The molecular formula is C27H35N5O5S2. The number of nitrogens with zero attached hydrogens (tertiary/aromatic N) is 4. The Morgan fingerprint density at radius 2 is 1.59 bits per heavy atom. The number of amides is 1. The normalized spacial score (nSPS) is 17.3. The van der Waals surface area contributed by atoms with Crippen molar-refractivity contribution in [2.75, 3.05) is 71.5 Å². The molecule has 3 heterocycles. The van der Waals surface area contributed by atoms with Gasteiger partial charge in [0.25, 0.3) is 5.91 Å².